The molecule has 0 unspecified atom stereocenters. The number of hydrazone groups is 1. The van der Waals surface area contributed by atoms with Crippen LogP contribution in [0.2, 0.25) is 0 Å². The molecule has 0 bridgehead atoms. The van der Waals surface area contributed by atoms with Gasteiger partial charge in [0.1, 0.15) is 5.71 Å². The minimum absolute atomic E-state index is 0.301. The second kappa shape index (κ2) is 4.24. The van der Waals surface area contributed by atoms with Gasteiger partial charge in [-0.3, -0.25) is 4.79 Å². The van der Waals surface area contributed by atoms with E-state index in [1.165, 1.54) is 0 Å². The smallest absolute Gasteiger partial charge is 0.272 e. The number of rotatable bonds is 2. The number of hydrogen-bond donors (Lipinski definition) is 0. The molecule has 1 amide bonds. The van der Waals surface area contributed by atoms with Crippen molar-refractivity contribution in [3.05, 3.63) is 29.3 Å². The third-order valence-electron chi connectivity index (χ3n) is 2.63. The van der Waals surface area contributed by atoms with Crippen LogP contribution < -0.4 is 5.01 Å². The summed E-state index contributed by atoms with van der Waals surface area (Å²) in [4.78, 5) is 11.6. The van der Waals surface area contributed by atoms with Gasteiger partial charge in [-0.2, -0.15) is 5.10 Å². The molecule has 0 aliphatic carbocycles. The van der Waals surface area contributed by atoms with Crippen LogP contribution in [0.25, 0.3) is 0 Å². The minimum Gasteiger partial charge on any atom is -0.272 e. The average Bonchev–Trinajstić information content (AvgIpc) is 2.61. The fraction of sp³-hybridized carbons (Fsp3) is 0.333. The monoisotopic (exact) mass is 238 g/mol. The summed E-state index contributed by atoms with van der Waals surface area (Å²) < 4.78 is 24.9. The van der Waals surface area contributed by atoms with Crippen molar-refractivity contribution in [1.82, 2.24) is 0 Å². The summed E-state index contributed by atoms with van der Waals surface area (Å²) in [6, 6.07) is 5.43. The molecule has 0 aromatic heterocycles. The number of carbonyl (C=O) groups excluding carboxylic acids is 1. The fourth-order valence-electron chi connectivity index (χ4n) is 1.80. The highest BCUT2D eigenvalue weighted by atomic mass is 19.3. The minimum atomic E-state index is -2.67. The Hall–Kier alpha value is -1.78. The zero-order chi connectivity index (χ0) is 12.6. The van der Waals surface area contributed by atoms with Crippen molar-refractivity contribution in [2.75, 3.05) is 5.01 Å². The number of alkyl halides is 2. The highest BCUT2D eigenvalue weighted by molar-refractivity contribution is 6.14. The molecule has 0 radical (unpaired) electrons. The third-order valence-corrected chi connectivity index (χ3v) is 2.63. The molecule has 2 rings (SSSR count). The second-order valence-corrected chi connectivity index (χ2v) is 4.06. The Bertz CT molecular complexity index is 497. The Labute approximate surface area is 97.7 Å². The van der Waals surface area contributed by atoms with E-state index in [1.54, 1.807) is 6.07 Å². The normalized spacial score (nSPS) is 15.7. The Balaban J connectivity index is 2.37. The molecule has 1 aromatic rings. The van der Waals surface area contributed by atoms with E-state index in [2.05, 4.69) is 5.10 Å². The summed E-state index contributed by atoms with van der Waals surface area (Å²) in [7, 11) is 0. The van der Waals surface area contributed by atoms with Crippen LogP contribution in [-0.2, 0) is 4.79 Å². The molecule has 0 saturated carbocycles. The lowest BCUT2D eigenvalue weighted by atomic mass is 10.1. The number of amides is 1. The lowest BCUT2D eigenvalue weighted by Crippen LogP contribution is -2.20. The van der Waals surface area contributed by atoms with E-state index in [0.717, 1.165) is 16.1 Å². The summed E-state index contributed by atoms with van der Waals surface area (Å²) in [5, 5.41) is 4.75. The highest BCUT2D eigenvalue weighted by Crippen LogP contribution is 2.26. The van der Waals surface area contributed by atoms with Crippen molar-refractivity contribution in [1.29, 1.82) is 0 Å². The van der Waals surface area contributed by atoms with Gasteiger partial charge in [-0.15, -0.1) is 0 Å². The molecule has 0 spiro atoms. The van der Waals surface area contributed by atoms with E-state index >= 15 is 0 Å². The topological polar surface area (TPSA) is 32.7 Å². The van der Waals surface area contributed by atoms with Gasteiger partial charge in [-0.25, -0.2) is 13.8 Å². The molecule has 3 nitrogen and oxygen atoms in total. The number of hydrogen-bond acceptors (Lipinski definition) is 2. The largest absolute Gasteiger partial charge is 0.278 e. The van der Waals surface area contributed by atoms with E-state index in [9.17, 15) is 13.6 Å². The van der Waals surface area contributed by atoms with E-state index < -0.39 is 12.3 Å². The molecular formula is C12H12F2N2O. The summed E-state index contributed by atoms with van der Waals surface area (Å²) in [6.07, 6.45) is -2.97. The quantitative estimate of drug-likeness (QED) is 0.779. The van der Waals surface area contributed by atoms with Gasteiger partial charge < -0.3 is 0 Å². The number of carbonyl (C=O) groups is 1. The van der Waals surface area contributed by atoms with Crippen molar-refractivity contribution < 1.29 is 13.6 Å². The summed E-state index contributed by atoms with van der Waals surface area (Å²) in [6.45, 7) is 3.75. The van der Waals surface area contributed by atoms with Crippen molar-refractivity contribution in [2.45, 2.75) is 26.7 Å². The van der Waals surface area contributed by atoms with E-state index in [1.807, 2.05) is 26.0 Å². The zero-order valence-corrected chi connectivity index (χ0v) is 9.58. The average molecular weight is 238 g/mol. The van der Waals surface area contributed by atoms with E-state index in [4.69, 9.17) is 0 Å². The first-order valence-electron chi connectivity index (χ1n) is 5.25. The summed E-state index contributed by atoms with van der Waals surface area (Å²) in [5.74, 6) is -0.410. The van der Waals surface area contributed by atoms with Gasteiger partial charge in [0.05, 0.1) is 12.1 Å². The molecule has 1 heterocycles. The number of halogens is 2. The van der Waals surface area contributed by atoms with Crippen LogP contribution in [0.15, 0.2) is 23.3 Å². The number of nitrogens with zero attached hydrogens (tertiary/aromatic N) is 2. The lowest BCUT2D eigenvalue weighted by Gasteiger charge is -2.14. The standard InChI is InChI=1S/C12H12F2N2O/c1-7-3-4-10(8(2)5-7)16-11(17)6-9(15-16)12(13)14/h3-5,12H,6H2,1-2H3. The molecule has 17 heavy (non-hydrogen) atoms. The van der Waals surface area contributed by atoms with Crippen molar-refractivity contribution in [3.63, 3.8) is 0 Å². The fourth-order valence-corrected chi connectivity index (χ4v) is 1.80. The molecule has 0 saturated heterocycles. The van der Waals surface area contributed by atoms with Gasteiger partial charge in [-0.05, 0) is 25.5 Å². The molecule has 90 valence electrons. The molecule has 1 aliphatic rings. The van der Waals surface area contributed by atoms with Gasteiger partial charge in [-0.1, -0.05) is 17.7 Å². The second-order valence-electron chi connectivity index (χ2n) is 4.06. The molecule has 0 atom stereocenters. The van der Waals surface area contributed by atoms with Gasteiger partial charge in [0.25, 0.3) is 12.3 Å². The number of anilines is 1. The van der Waals surface area contributed by atoms with Crippen molar-refractivity contribution in [2.24, 2.45) is 5.10 Å². The van der Waals surface area contributed by atoms with E-state index in [-0.39, 0.29) is 12.1 Å². The van der Waals surface area contributed by atoms with Crippen LogP contribution in [-0.4, -0.2) is 18.0 Å². The zero-order valence-electron chi connectivity index (χ0n) is 9.58. The Morgan fingerprint density at radius 1 is 1.35 bits per heavy atom. The van der Waals surface area contributed by atoms with Gasteiger partial charge in [0.15, 0.2) is 0 Å². The first-order chi connectivity index (χ1) is 7.99. The molecule has 5 heteroatoms. The van der Waals surface area contributed by atoms with Crippen LogP contribution in [0.5, 0.6) is 0 Å². The third kappa shape index (κ3) is 2.18. The first-order valence-corrected chi connectivity index (χ1v) is 5.25. The maximum Gasteiger partial charge on any atom is 0.278 e. The number of aryl methyl sites for hydroxylation is 2. The van der Waals surface area contributed by atoms with Crippen LogP contribution in [0.3, 0.4) is 0 Å². The van der Waals surface area contributed by atoms with Crippen molar-refractivity contribution >= 4 is 17.3 Å². The molecule has 1 aromatic carbocycles. The lowest BCUT2D eigenvalue weighted by molar-refractivity contribution is -0.117. The van der Waals surface area contributed by atoms with Gasteiger partial charge in [0, 0.05) is 0 Å². The first kappa shape index (κ1) is 11.7. The maximum absolute atomic E-state index is 12.5. The Morgan fingerprint density at radius 3 is 2.59 bits per heavy atom. The predicted molar refractivity (Wildman–Crippen MR) is 61.5 cm³/mol. The van der Waals surface area contributed by atoms with Crippen LogP contribution in [0, 0.1) is 13.8 Å². The van der Waals surface area contributed by atoms with Gasteiger partial charge in [0.2, 0.25) is 0 Å². The molecule has 1 aliphatic heterocycles. The van der Waals surface area contributed by atoms with Crippen LogP contribution in [0.4, 0.5) is 14.5 Å². The Kier molecular flexibility index (Phi) is 2.92. The van der Waals surface area contributed by atoms with Gasteiger partial charge >= 0.3 is 0 Å². The van der Waals surface area contributed by atoms with E-state index in [0.29, 0.717) is 5.69 Å². The SMILES string of the molecule is Cc1ccc(N2N=C(C(F)F)CC2=O)c(C)c1. The maximum atomic E-state index is 12.5. The molecule has 0 N–H and O–H groups in total. The predicted octanol–water partition coefficient (Wildman–Crippen LogP) is 2.66. The summed E-state index contributed by atoms with van der Waals surface area (Å²) in [5.41, 5.74) is 2.10. The van der Waals surface area contributed by atoms with Crippen LogP contribution >= 0.6 is 0 Å². The van der Waals surface area contributed by atoms with Crippen LogP contribution in [0.1, 0.15) is 17.5 Å². The van der Waals surface area contributed by atoms with Crippen molar-refractivity contribution in [3.8, 4) is 0 Å². The number of benzene rings is 1. The molecule has 0 fully saturated rings. The highest BCUT2D eigenvalue weighted by Gasteiger charge is 2.30. The Morgan fingerprint density at radius 2 is 2.06 bits per heavy atom. The molecular weight excluding hydrogens is 226 g/mol. The summed E-state index contributed by atoms with van der Waals surface area (Å²) >= 11 is 0.